The molecule has 1 aliphatic heterocycles. The lowest BCUT2D eigenvalue weighted by Gasteiger charge is -2.47. The van der Waals surface area contributed by atoms with Crippen LogP contribution in [0, 0.1) is 23.7 Å². The number of rotatable bonds is 5. The predicted molar refractivity (Wildman–Crippen MR) is 92.6 cm³/mol. The summed E-state index contributed by atoms with van der Waals surface area (Å²) in [6.07, 6.45) is 7.09. The van der Waals surface area contributed by atoms with Crippen molar-refractivity contribution in [1.82, 2.24) is 10.2 Å². The minimum atomic E-state index is 0.684. The van der Waals surface area contributed by atoms with Crippen molar-refractivity contribution >= 4 is 0 Å². The molecule has 0 spiro atoms. The minimum absolute atomic E-state index is 0.684. The van der Waals surface area contributed by atoms with Crippen LogP contribution in [0.1, 0.15) is 66.7 Å². The van der Waals surface area contributed by atoms with Crippen LogP contribution in [-0.4, -0.2) is 36.6 Å². The zero-order valence-electron chi connectivity index (χ0n) is 15.1. The van der Waals surface area contributed by atoms with Crippen molar-refractivity contribution in [2.45, 2.75) is 78.8 Å². The number of piperidine rings is 1. The molecule has 1 saturated heterocycles. The molecule has 1 aliphatic carbocycles. The van der Waals surface area contributed by atoms with E-state index in [4.69, 9.17) is 0 Å². The first-order valence-electron chi connectivity index (χ1n) is 9.45. The molecule has 1 N–H and O–H groups in total. The summed E-state index contributed by atoms with van der Waals surface area (Å²) in [5.74, 6) is 3.51. The number of nitrogens with zero attached hydrogens (tertiary/aromatic N) is 1. The fraction of sp³-hybridized carbons (Fsp3) is 1.00. The van der Waals surface area contributed by atoms with Crippen LogP contribution in [0.25, 0.3) is 0 Å². The largest absolute Gasteiger partial charge is 0.316 e. The average Bonchev–Trinajstić information content (AvgIpc) is 2.45. The molecule has 1 saturated carbocycles. The third-order valence-corrected chi connectivity index (χ3v) is 5.94. The molecule has 0 amide bonds. The molecule has 0 aromatic heterocycles. The van der Waals surface area contributed by atoms with Crippen molar-refractivity contribution in [3.63, 3.8) is 0 Å². The van der Waals surface area contributed by atoms with Crippen molar-refractivity contribution in [2.24, 2.45) is 23.7 Å². The van der Waals surface area contributed by atoms with Crippen molar-refractivity contribution < 1.29 is 0 Å². The highest BCUT2D eigenvalue weighted by Gasteiger charge is 2.36. The van der Waals surface area contributed by atoms with Crippen LogP contribution in [0.3, 0.4) is 0 Å². The molecule has 0 bridgehead atoms. The maximum Gasteiger partial charge on any atom is 0.0131 e. The van der Waals surface area contributed by atoms with Crippen LogP contribution in [0.5, 0.6) is 0 Å². The molecular formula is C19H38N2. The van der Waals surface area contributed by atoms with Crippen LogP contribution in [0.4, 0.5) is 0 Å². The molecule has 2 heteroatoms. The van der Waals surface area contributed by atoms with Gasteiger partial charge in [-0.15, -0.1) is 0 Å². The van der Waals surface area contributed by atoms with Crippen LogP contribution < -0.4 is 5.32 Å². The third-order valence-electron chi connectivity index (χ3n) is 5.94. The monoisotopic (exact) mass is 294 g/mol. The second-order valence-electron chi connectivity index (χ2n) is 8.40. The van der Waals surface area contributed by atoms with Gasteiger partial charge in [0.1, 0.15) is 0 Å². The average molecular weight is 295 g/mol. The highest BCUT2D eigenvalue weighted by atomic mass is 15.2. The van der Waals surface area contributed by atoms with E-state index in [9.17, 15) is 0 Å². The highest BCUT2D eigenvalue weighted by molar-refractivity contribution is 4.90. The molecule has 2 rings (SSSR count). The van der Waals surface area contributed by atoms with Gasteiger partial charge in [-0.2, -0.15) is 0 Å². The summed E-state index contributed by atoms with van der Waals surface area (Å²) in [5, 5.41) is 3.60. The van der Waals surface area contributed by atoms with Crippen molar-refractivity contribution in [3.8, 4) is 0 Å². The van der Waals surface area contributed by atoms with E-state index in [1.807, 2.05) is 0 Å². The summed E-state index contributed by atoms with van der Waals surface area (Å²) in [6, 6.07) is 1.50. The van der Waals surface area contributed by atoms with Gasteiger partial charge in [0, 0.05) is 18.6 Å². The van der Waals surface area contributed by atoms with E-state index >= 15 is 0 Å². The van der Waals surface area contributed by atoms with Crippen LogP contribution >= 0.6 is 0 Å². The van der Waals surface area contributed by atoms with E-state index < -0.39 is 0 Å². The van der Waals surface area contributed by atoms with Crippen molar-refractivity contribution in [2.75, 3.05) is 19.6 Å². The summed E-state index contributed by atoms with van der Waals surface area (Å²) in [4.78, 5) is 2.87. The number of hydrogen-bond acceptors (Lipinski definition) is 2. The molecular weight excluding hydrogens is 256 g/mol. The van der Waals surface area contributed by atoms with E-state index in [1.165, 1.54) is 51.7 Å². The summed E-state index contributed by atoms with van der Waals surface area (Å²) in [7, 11) is 0. The van der Waals surface area contributed by atoms with Gasteiger partial charge in [-0.05, 0) is 76.3 Å². The van der Waals surface area contributed by atoms with Gasteiger partial charge in [0.2, 0.25) is 0 Å². The Kier molecular flexibility index (Phi) is 6.55. The van der Waals surface area contributed by atoms with E-state index in [2.05, 4.69) is 44.8 Å². The summed E-state index contributed by atoms with van der Waals surface area (Å²) >= 11 is 0. The Labute approximate surface area is 133 Å². The second-order valence-corrected chi connectivity index (χ2v) is 8.40. The zero-order chi connectivity index (χ0) is 15.4. The standard InChI is InChI=1S/C19H38N2/c1-14(2)18-9-8-16(5)11-19(18)21(15(3)4)13-17-7-6-10-20-12-17/h14-20H,6-13H2,1-5H3. The molecule has 0 aromatic rings. The highest BCUT2D eigenvalue weighted by Crippen LogP contribution is 2.37. The SMILES string of the molecule is CC1CCC(C(C)C)C(N(CC2CCCNC2)C(C)C)C1. The van der Waals surface area contributed by atoms with E-state index in [0.29, 0.717) is 6.04 Å². The fourth-order valence-electron chi connectivity index (χ4n) is 4.64. The molecule has 2 fully saturated rings. The fourth-order valence-corrected chi connectivity index (χ4v) is 4.64. The molecule has 1 heterocycles. The Morgan fingerprint density at radius 3 is 2.43 bits per heavy atom. The molecule has 0 aromatic carbocycles. The molecule has 4 unspecified atom stereocenters. The second kappa shape index (κ2) is 7.97. The van der Waals surface area contributed by atoms with E-state index in [1.54, 1.807) is 0 Å². The van der Waals surface area contributed by atoms with E-state index in [-0.39, 0.29) is 0 Å². The summed E-state index contributed by atoms with van der Waals surface area (Å²) in [5.41, 5.74) is 0. The number of nitrogens with one attached hydrogen (secondary N) is 1. The summed E-state index contributed by atoms with van der Waals surface area (Å²) < 4.78 is 0. The Morgan fingerprint density at radius 1 is 1.10 bits per heavy atom. The predicted octanol–water partition coefficient (Wildman–Crippen LogP) is 4.16. The molecule has 2 nitrogen and oxygen atoms in total. The Morgan fingerprint density at radius 2 is 1.86 bits per heavy atom. The quantitative estimate of drug-likeness (QED) is 0.819. The first kappa shape index (κ1) is 17.3. The Balaban J connectivity index is 2.06. The maximum atomic E-state index is 3.60. The third kappa shape index (κ3) is 4.69. The molecule has 4 atom stereocenters. The van der Waals surface area contributed by atoms with Gasteiger partial charge in [-0.3, -0.25) is 4.90 Å². The van der Waals surface area contributed by atoms with Gasteiger partial charge in [0.25, 0.3) is 0 Å². The minimum Gasteiger partial charge on any atom is -0.316 e. The van der Waals surface area contributed by atoms with E-state index in [0.717, 1.165) is 29.7 Å². The molecule has 0 radical (unpaired) electrons. The molecule has 124 valence electrons. The van der Waals surface area contributed by atoms with Crippen LogP contribution in [-0.2, 0) is 0 Å². The van der Waals surface area contributed by atoms with Crippen molar-refractivity contribution in [1.29, 1.82) is 0 Å². The first-order valence-corrected chi connectivity index (χ1v) is 9.45. The van der Waals surface area contributed by atoms with Crippen molar-refractivity contribution in [3.05, 3.63) is 0 Å². The van der Waals surface area contributed by atoms with Crippen LogP contribution in [0.2, 0.25) is 0 Å². The van der Waals surface area contributed by atoms with Gasteiger partial charge in [0.15, 0.2) is 0 Å². The first-order chi connectivity index (χ1) is 9.99. The lowest BCUT2D eigenvalue weighted by atomic mass is 9.73. The van der Waals surface area contributed by atoms with Gasteiger partial charge >= 0.3 is 0 Å². The Bertz CT molecular complexity index is 294. The van der Waals surface area contributed by atoms with Gasteiger partial charge in [-0.25, -0.2) is 0 Å². The smallest absolute Gasteiger partial charge is 0.0131 e. The molecule has 2 aliphatic rings. The molecule has 21 heavy (non-hydrogen) atoms. The zero-order valence-corrected chi connectivity index (χ0v) is 15.1. The lowest BCUT2D eigenvalue weighted by molar-refractivity contribution is 0.0242. The summed E-state index contributed by atoms with van der Waals surface area (Å²) in [6.45, 7) is 15.9. The number of hydrogen-bond donors (Lipinski definition) is 1. The topological polar surface area (TPSA) is 15.3 Å². The van der Waals surface area contributed by atoms with Gasteiger partial charge in [0.05, 0.1) is 0 Å². The van der Waals surface area contributed by atoms with Gasteiger partial charge < -0.3 is 5.32 Å². The Hall–Kier alpha value is -0.0800. The lowest BCUT2D eigenvalue weighted by Crippen LogP contribution is -2.52. The van der Waals surface area contributed by atoms with Gasteiger partial charge in [-0.1, -0.05) is 27.2 Å². The van der Waals surface area contributed by atoms with Crippen LogP contribution in [0.15, 0.2) is 0 Å². The maximum absolute atomic E-state index is 3.60. The normalized spacial score (nSPS) is 34.9.